The van der Waals surface area contributed by atoms with E-state index in [9.17, 15) is 9.59 Å². The van der Waals surface area contributed by atoms with Crippen molar-refractivity contribution in [2.75, 3.05) is 7.11 Å². The summed E-state index contributed by atoms with van der Waals surface area (Å²) in [6, 6.07) is 15.5. The number of rotatable bonds is 5. The van der Waals surface area contributed by atoms with E-state index < -0.39 is 5.97 Å². The number of hydrogen-bond acceptors (Lipinski definition) is 5. The lowest BCUT2D eigenvalue weighted by Gasteiger charge is -2.12. The number of carbonyl (C=O) groups excluding carboxylic acids is 2. The summed E-state index contributed by atoms with van der Waals surface area (Å²) < 4.78 is 16.5. The van der Waals surface area contributed by atoms with E-state index in [1.54, 1.807) is 60.7 Å². The summed E-state index contributed by atoms with van der Waals surface area (Å²) in [6.45, 7) is 2.13. The highest BCUT2D eigenvalue weighted by molar-refractivity contribution is 6.42. The predicted molar refractivity (Wildman–Crippen MR) is 123 cm³/mol. The Balaban J connectivity index is 1.51. The quantitative estimate of drug-likeness (QED) is 0.325. The predicted octanol–water partition coefficient (Wildman–Crippen LogP) is 6.28. The van der Waals surface area contributed by atoms with Gasteiger partial charge in [-0.2, -0.15) is 0 Å². The Hall–Kier alpha value is -3.28. The topological polar surface area (TPSA) is 61.8 Å². The smallest absolute Gasteiger partial charge is 0.337 e. The van der Waals surface area contributed by atoms with Gasteiger partial charge in [0.2, 0.25) is 5.78 Å². The van der Waals surface area contributed by atoms with Gasteiger partial charge in [-0.1, -0.05) is 41.4 Å². The van der Waals surface area contributed by atoms with Crippen molar-refractivity contribution in [3.05, 3.63) is 98.2 Å². The fourth-order valence-corrected chi connectivity index (χ4v) is 3.60. The minimum atomic E-state index is -0.390. The number of ketones is 1. The number of hydrogen-bond donors (Lipinski definition) is 0. The molecule has 32 heavy (non-hydrogen) atoms. The minimum Gasteiger partial charge on any atom is -0.488 e. The first-order valence-electron chi connectivity index (χ1n) is 9.70. The van der Waals surface area contributed by atoms with Crippen LogP contribution in [-0.4, -0.2) is 18.9 Å². The van der Waals surface area contributed by atoms with Gasteiger partial charge in [-0.25, -0.2) is 4.79 Å². The van der Waals surface area contributed by atoms with Crippen molar-refractivity contribution in [3.63, 3.8) is 0 Å². The zero-order chi connectivity index (χ0) is 22.8. The first-order chi connectivity index (χ1) is 15.4. The first-order valence-corrected chi connectivity index (χ1v) is 10.5. The van der Waals surface area contributed by atoms with Crippen molar-refractivity contribution in [1.82, 2.24) is 0 Å². The normalized spacial score (nSPS) is 13.6. The summed E-state index contributed by atoms with van der Waals surface area (Å²) >= 11 is 12.0. The Labute approximate surface area is 195 Å². The van der Waals surface area contributed by atoms with Crippen molar-refractivity contribution in [2.45, 2.75) is 13.5 Å². The highest BCUT2D eigenvalue weighted by Crippen LogP contribution is 2.39. The Morgan fingerprint density at radius 3 is 2.47 bits per heavy atom. The Morgan fingerprint density at radius 2 is 1.78 bits per heavy atom. The highest BCUT2D eigenvalue weighted by atomic mass is 35.5. The Bertz CT molecular complexity index is 1250. The van der Waals surface area contributed by atoms with Gasteiger partial charge in [-0.3, -0.25) is 4.79 Å². The molecule has 3 aromatic carbocycles. The number of halogens is 2. The van der Waals surface area contributed by atoms with Gasteiger partial charge in [0.15, 0.2) is 5.76 Å². The second kappa shape index (κ2) is 9.07. The average molecular weight is 469 g/mol. The third-order valence-electron chi connectivity index (χ3n) is 5.05. The molecule has 162 valence electrons. The van der Waals surface area contributed by atoms with Gasteiger partial charge >= 0.3 is 5.97 Å². The van der Waals surface area contributed by atoms with Crippen LogP contribution in [0.2, 0.25) is 10.0 Å². The molecule has 0 atom stereocenters. The number of methoxy groups -OCH3 is 1. The van der Waals surface area contributed by atoms with E-state index in [1.165, 1.54) is 7.11 Å². The van der Waals surface area contributed by atoms with Crippen LogP contribution in [0.4, 0.5) is 0 Å². The fourth-order valence-electron chi connectivity index (χ4n) is 3.29. The molecule has 0 N–H and O–H groups in total. The standard InChI is InChI=1S/C25H18Cl2O5/c1-14-21(31-13-15-3-6-17(7-4-15)25(29)30-2)10-8-18-23(28)22(32-24(14)18)12-16-5-9-19(26)20(27)11-16/h3-12H,13H2,1-2H3/b22-12-. The molecule has 0 amide bonds. The fraction of sp³-hybridized carbons (Fsp3) is 0.120. The first kappa shape index (κ1) is 21.9. The number of carbonyl (C=O) groups is 2. The van der Waals surface area contributed by atoms with E-state index in [1.807, 2.05) is 6.92 Å². The lowest BCUT2D eigenvalue weighted by molar-refractivity contribution is 0.0600. The molecule has 1 aliphatic rings. The molecule has 0 radical (unpaired) electrons. The van der Waals surface area contributed by atoms with Crippen molar-refractivity contribution in [2.24, 2.45) is 0 Å². The summed E-state index contributed by atoms with van der Waals surface area (Å²) in [5.74, 6) is 0.680. The molecule has 0 saturated carbocycles. The SMILES string of the molecule is COC(=O)c1ccc(COc2ccc3c(c2C)O/C(=C\c2ccc(Cl)c(Cl)c2)C3=O)cc1. The van der Waals surface area contributed by atoms with E-state index >= 15 is 0 Å². The second-order valence-electron chi connectivity index (χ2n) is 7.16. The van der Waals surface area contributed by atoms with E-state index in [2.05, 4.69) is 0 Å². The molecule has 7 heteroatoms. The number of fused-ring (bicyclic) bond motifs is 1. The van der Waals surface area contributed by atoms with Crippen LogP contribution >= 0.6 is 23.2 Å². The third-order valence-corrected chi connectivity index (χ3v) is 5.79. The average Bonchev–Trinajstić information content (AvgIpc) is 3.11. The maximum atomic E-state index is 12.8. The summed E-state index contributed by atoms with van der Waals surface area (Å²) in [7, 11) is 1.34. The molecule has 0 unspecified atom stereocenters. The summed E-state index contributed by atoms with van der Waals surface area (Å²) in [6.07, 6.45) is 1.63. The third kappa shape index (κ3) is 4.35. The van der Waals surface area contributed by atoms with Crippen LogP contribution in [0.3, 0.4) is 0 Å². The van der Waals surface area contributed by atoms with Gasteiger partial charge in [0, 0.05) is 5.56 Å². The van der Waals surface area contributed by atoms with Crippen LogP contribution in [0.15, 0.2) is 60.4 Å². The zero-order valence-electron chi connectivity index (χ0n) is 17.3. The second-order valence-corrected chi connectivity index (χ2v) is 7.97. The molecular formula is C25H18Cl2O5. The molecule has 5 nitrogen and oxygen atoms in total. The van der Waals surface area contributed by atoms with Crippen LogP contribution < -0.4 is 9.47 Å². The molecular weight excluding hydrogens is 451 g/mol. The summed E-state index contributed by atoms with van der Waals surface area (Å²) in [4.78, 5) is 24.3. The van der Waals surface area contributed by atoms with Gasteiger partial charge in [0.05, 0.1) is 28.3 Å². The Morgan fingerprint density at radius 1 is 1.03 bits per heavy atom. The number of Topliss-reactive ketones (excluding diaryl/α,β-unsaturated/α-hetero) is 1. The molecule has 0 spiro atoms. The monoisotopic (exact) mass is 468 g/mol. The molecule has 0 saturated heterocycles. The van der Waals surface area contributed by atoms with Gasteiger partial charge in [0.1, 0.15) is 18.1 Å². The zero-order valence-corrected chi connectivity index (χ0v) is 18.8. The van der Waals surface area contributed by atoms with Crippen molar-refractivity contribution < 1.29 is 23.8 Å². The molecule has 1 heterocycles. The number of esters is 1. The molecule has 4 rings (SSSR count). The maximum Gasteiger partial charge on any atom is 0.337 e. The van der Waals surface area contributed by atoms with Gasteiger partial charge in [-0.05, 0) is 60.5 Å². The van der Waals surface area contributed by atoms with Crippen LogP contribution in [-0.2, 0) is 11.3 Å². The van der Waals surface area contributed by atoms with Gasteiger partial charge in [-0.15, -0.1) is 0 Å². The maximum absolute atomic E-state index is 12.8. The van der Waals surface area contributed by atoms with Crippen LogP contribution in [0.1, 0.15) is 37.4 Å². The lowest BCUT2D eigenvalue weighted by Crippen LogP contribution is -2.02. The number of allylic oxidation sites excluding steroid dienone is 1. The summed E-state index contributed by atoms with van der Waals surface area (Å²) in [5.41, 5.74) is 3.26. The largest absolute Gasteiger partial charge is 0.488 e. The Kier molecular flexibility index (Phi) is 6.21. The van der Waals surface area contributed by atoms with Crippen LogP contribution in [0.25, 0.3) is 6.08 Å². The van der Waals surface area contributed by atoms with E-state index in [0.717, 1.165) is 11.1 Å². The van der Waals surface area contributed by atoms with Gasteiger partial charge < -0.3 is 14.2 Å². The van der Waals surface area contributed by atoms with Crippen LogP contribution in [0, 0.1) is 6.92 Å². The lowest BCUT2D eigenvalue weighted by atomic mass is 10.1. The summed E-state index contributed by atoms with van der Waals surface area (Å²) in [5, 5.41) is 0.837. The molecule has 0 aromatic heterocycles. The van der Waals surface area contributed by atoms with E-state index in [0.29, 0.717) is 44.8 Å². The molecule has 0 fully saturated rings. The molecule has 1 aliphatic heterocycles. The van der Waals surface area contributed by atoms with Crippen molar-refractivity contribution >= 4 is 41.0 Å². The number of benzene rings is 3. The van der Waals surface area contributed by atoms with Gasteiger partial charge in [0.25, 0.3) is 0 Å². The minimum absolute atomic E-state index is 0.206. The molecule has 0 aliphatic carbocycles. The van der Waals surface area contributed by atoms with E-state index in [4.69, 9.17) is 37.4 Å². The molecule has 3 aromatic rings. The van der Waals surface area contributed by atoms with Crippen molar-refractivity contribution in [3.8, 4) is 11.5 Å². The van der Waals surface area contributed by atoms with E-state index in [-0.39, 0.29) is 11.5 Å². The highest BCUT2D eigenvalue weighted by Gasteiger charge is 2.30. The van der Waals surface area contributed by atoms with Crippen molar-refractivity contribution in [1.29, 1.82) is 0 Å². The molecule has 0 bridgehead atoms. The van der Waals surface area contributed by atoms with Crippen LogP contribution in [0.5, 0.6) is 11.5 Å². The number of ether oxygens (including phenoxy) is 3.